The van der Waals surface area contributed by atoms with Crippen molar-refractivity contribution in [2.45, 2.75) is 4.90 Å². The molecule has 14 heavy (non-hydrogen) atoms. The summed E-state index contributed by atoms with van der Waals surface area (Å²) in [6.07, 6.45) is 0. The lowest BCUT2D eigenvalue weighted by Crippen LogP contribution is -2.02. The molecule has 1 N–H and O–H groups in total. The van der Waals surface area contributed by atoms with Crippen LogP contribution in [0.1, 0.15) is 10.4 Å². The van der Waals surface area contributed by atoms with Crippen molar-refractivity contribution < 1.29 is 14.8 Å². The second kappa shape index (κ2) is 4.34. The first kappa shape index (κ1) is 10.9. The zero-order valence-corrected chi connectivity index (χ0v) is 8.42. The van der Waals surface area contributed by atoms with Gasteiger partial charge in [0.2, 0.25) is 0 Å². The fourth-order valence-electron chi connectivity index (χ4n) is 0.902. The van der Waals surface area contributed by atoms with E-state index in [1.54, 1.807) is 0 Å². The highest BCUT2D eigenvalue weighted by atomic mass is 33.1. The largest absolute Gasteiger partial charge is 0.477 e. The van der Waals surface area contributed by atoms with Crippen molar-refractivity contribution in [2.75, 3.05) is 0 Å². The molecule has 7 heteroatoms. The van der Waals surface area contributed by atoms with Gasteiger partial charge in [0.1, 0.15) is 5.56 Å². The third-order valence-electron chi connectivity index (χ3n) is 1.50. The molecule has 0 aliphatic rings. The SMILES string of the molecule is O=C(O)c1cc(SS)ccc1[N+](=O)[O-]. The molecular formula is C7H5NO4S2. The van der Waals surface area contributed by atoms with Crippen LogP contribution in [-0.4, -0.2) is 16.0 Å². The minimum absolute atomic E-state index is 0.325. The van der Waals surface area contributed by atoms with Gasteiger partial charge in [-0.2, -0.15) is 0 Å². The number of rotatable bonds is 3. The highest BCUT2D eigenvalue weighted by molar-refractivity contribution is 8.68. The monoisotopic (exact) mass is 231 g/mol. The van der Waals surface area contributed by atoms with E-state index >= 15 is 0 Å². The average molecular weight is 231 g/mol. The summed E-state index contributed by atoms with van der Waals surface area (Å²) < 4.78 is 0. The van der Waals surface area contributed by atoms with Gasteiger partial charge in [0.05, 0.1) is 4.92 Å². The van der Waals surface area contributed by atoms with Crippen LogP contribution in [0.25, 0.3) is 0 Å². The van der Waals surface area contributed by atoms with Crippen LogP contribution in [-0.2, 0) is 0 Å². The lowest BCUT2D eigenvalue weighted by molar-refractivity contribution is -0.385. The smallest absolute Gasteiger partial charge is 0.342 e. The molecule has 0 aromatic heterocycles. The third kappa shape index (κ3) is 2.18. The highest BCUT2D eigenvalue weighted by Gasteiger charge is 2.19. The number of carboxylic acids is 1. The second-order valence-electron chi connectivity index (χ2n) is 2.33. The molecule has 0 heterocycles. The molecule has 0 fully saturated rings. The number of nitro groups is 1. The van der Waals surface area contributed by atoms with Crippen LogP contribution in [0.4, 0.5) is 5.69 Å². The maximum atomic E-state index is 10.7. The van der Waals surface area contributed by atoms with Crippen molar-refractivity contribution in [2.24, 2.45) is 0 Å². The number of nitrogens with zero attached hydrogens (tertiary/aromatic N) is 1. The maximum absolute atomic E-state index is 10.7. The van der Waals surface area contributed by atoms with Crippen molar-refractivity contribution in [3.8, 4) is 0 Å². The molecular weight excluding hydrogens is 226 g/mol. The quantitative estimate of drug-likeness (QED) is 0.361. The summed E-state index contributed by atoms with van der Waals surface area (Å²) >= 11 is 3.87. The molecule has 1 aromatic carbocycles. The molecule has 0 bridgehead atoms. The Bertz CT molecular complexity index is 393. The van der Waals surface area contributed by atoms with Crippen molar-refractivity contribution >= 4 is 34.1 Å². The predicted octanol–water partition coefficient (Wildman–Crippen LogP) is 2.23. The Kier molecular flexibility index (Phi) is 3.37. The van der Waals surface area contributed by atoms with Crippen LogP contribution < -0.4 is 0 Å². The van der Waals surface area contributed by atoms with Gasteiger partial charge in [0.15, 0.2) is 0 Å². The Morgan fingerprint density at radius 2 is 2.21 bits per heavy atom. The van der Waals surface area contributed by atoms with E-state index in [4.69, 9.17) is 5.11 Å². The molecule has 0 aliphatic heterocycles. The second-order valence-corrected chi connectivity index (χ2v) is 3.53. The van der Waals surface area contributed by atoms with E-state index in [0.717, 1.165) is 16.9 Å². The number of thiol groups is 1. The number of hydrogen-bond acceptors (Lipinski definition) is 5. The number of benzene rings is 1. The van der Waals surface area contributed by atoms with E-state index in [1.165, 1.54) is 12.1 Å². The molecule has 0 atom stereocenters. The van der Waals surface area contributed by atoms with E-state index in [0.29, 0.717) is 4.90 Å². The lowest BCUT2D eigenvalue weighted by Gasteiger charge is -1.99. The van der Waals surface area contributed by atoms with E-state index in [2.05, 4.69) is 11.7 Å². The number of hydrogen-bond donors (Lipinski definition) is 2. The standard InChI is InChI=1S/C7H5NO4S2/c9-7(10)5-3-4(14-13)1-2-6(5)8(11)12/h1-3,13H,(H,9,10). The van der Waals surface area contributed by atoms with Gasteiger partial charge >= 0.3 is 5.97 Å². The first-order valence-electron chi connectivity index (χ1n) is 3.39. The van der Waals surface area contributed by atoms with E-state index in [1.807, 2.05) is 0 Å². The minimum Gasteiger partial charge on any atom is -0.477 e. The van der Waals surface area contributed by atoms with E-state index in [9.17, 15) is 14.9 Å². The van der Waals surface area contributed by atoms with Crippen molar-refractivity contribution in [3.63, 3.8) is 0 Å². The molecule has 74 valence electrons. The van der Waals surface area contributed by atoms with Crippen molar-refractivity contribution in [3.05, 3.63) is 33.9 Å². The van der Waals surface area contributed by atoms with Crippen LogP contribution >= 0.6 is 22.5 Å². The molecule has 0 saturated heterocycles. The molecule has 1 aromatic rings. The molecule has 5 nitrogen and oxygen atoms in total. The van der Waals surface area contributed by atoms with E-state index in [-0.39, 0.29) is 5.56 Å². The molecule has 0 radical (unpaired) electrons. The van der Waals surface area contributed by atoms with Gasteiger partial charge in [-0.3, -0.25) is 10.1 Å². The van der Waals surface area contributed by atoms with Gasteiger partial charge in [-0.15, -0.1) is 11.7 Å². The number of nitro benzene ring substituents is 1. The van der Waals surface area contributed by atoms with Gasteiger partial charge in [-0.25, -0.2) is 4.79 Å². The summed E-state index contributed by atoms with van der Waals surface area (Å²) in [5, 5.41) is 19.1. The lowest BCUT2D eigenvalue weighted by atomic mass is 10.2. The summed E-state index contributed by atoms with van der Waals surface area (Å²) in [5.74, 6) is -1.32. The summed E-state index contributed by atoms with van der Waals surface area (Å²) in [4.78, 5) is 20.9. The zero-order valence-electron chi connectivity index (χ0n) is 6.71. The first-order valence-corrected chi connectivity index (χ1v) is 5.26. The van der Waals surface area contributed by atoms with Crippen LogP contribution in [0.15, 0.2) is 23.1 Å². The van der Waals surface area contributed by atoms with Crippen LogP contribution in [0.3, 0.4) is 0 Å². The molecule has 0 saturated carbocycles. The number of carbonyl (C=O) groups is 1. The summed E-state index contributed by atoms with van der Waals surface area (Å²) in [6, 6.07) is 3.82. The fourth-order valence-corrected chi connectivity index (χ4v) is 1.54. The van der Waals surface area contributed by atoms with Crippen molar-refractivity contribution in [1.82, 2.24) is 0 Å². The van der Waals surface area contributed by atoms with Crippen LogP contribution in [0.2, 0.25) is 0 Å². The topological polar surface area (TPSA) is 80.4 Å². The normalized spacial score (nSPS) is 9.79. The van der Waals surface area contributed by atoms with Gasteiger partial charge in [-0.1, -0.05) is 10.8 Å². The molecule has 0 aliphatic carbocycles. The summed E-state index contributed by atoms with van der Waals surface area (Å²) in [6.45, 7) is 0. The molecule has 0 unspecified atom stereocenters. The predicted molar refractivity (Wildman–Crippen MR) is 54.9 cm³/mol. The summed E-state index contributed by atoms with van der Waals surface area (Å²) in [7, 11) is 1.03. The van der Waals surface area contributed by atoms with Gasteiger partial charge in [0.25, 0.3) is 5.69 Å². The zero-order chi connectivity index (χ0) is 10.7. The molecule has 1 rings (SSSR count). The fraction of sp³-hybridized carbons (Fsp3) is 0. The average Bonchev–Trinajstić information content (AvgIpc) is 2.16. The Morgan fingerprint density at radius 1 is 1.57 bits per heavy atom. The highest BCUT2D eigenvalue weighted by Crippen LogP contribution is 2.27. The van der Waals surface area contributed by atoms with Crippen LogP contribution in [0.5, 0.6) is 0 Å². The Morgan fingerprint density at radius 3 is 2.64 bits per heavy atom. The van der Waals surface area contributed by atoms with Gasteiger partial charge in [-0.05, 0) is 12.1 Å². The Balaban J connectivity index is 3.31. The number of carboxylic acid groups (broad SMARTS) is 1. The van der Waals surface area contributed by atoms with Gasteiger partial charge < -0.3 is 5.11 Å². The Labute approximate surface area is 88.1 Å². The van der Waals surface area contributed by atoms with Crippen molar-refractivity contribution in [1.29, 1.82) is 0 Å². The molecule has 0 amide bonds. The maximum Gasteiger partial charge on any atom is 0.342 e. The van der Waals surface area contributed by atoms with Gasteiger partial charge in [0, 0.05) is 11.0 Å². The number of aromatic carboxylic acids is 1. The third-order valence-corrected chi connectivity index (χ3v) is 2.60. The first-order chi connectivity index (χ1) is 6.56. The van der Waals surface area contributed by atoms with Crippen LogP contribution in [0, 0.1) is 10.1 Å². The minimum atomic E-state index is -1.32. The molecule has 0 spiro atoms. The summed E-state index contributed by atoms with van der Waals surface area (Å²) in [5.41, 5.74) is -0.738. The Hall–Kier alpha value is -1.21. The van der Waals surface area contributed by atoms with E-state index < -0.39 is 16.6 Å².